The molecule has 0 atom stereocenters. The molecule has 0 fully saturated rings. The molecule has 90 valence electrons. The fourth-order valence-corrected chi connectivity index (χ4v) is 0.966. The summed E-state index contributed by atoms with van der Waals surface area (Å²) in [6, 6.07) is 0.358. The first kappa shape index (κ1) is 12.8. The lowest BCUT2D eigenvalue weighted by Gasteiger charge is -2.07. The summed E-state index contributed by atoms with van der Waals surface area (Å²) < 4.78 is 28.4. The lowest BCUT2D eigenvalue weighted by Crippen LogP contribution is -2.22. The van der Waals surface area contributed by atoms with E-state index in [-0.39, 0.29) is 5.88 Å². The SMILES string of the molecule is CC(C)NCc1cnc(OCC(F)F)cn1. The molecule has 0 saturated heterocycles. The minimum atomic E-state index is -2.50. The molecule has 1 N–H and O–H groups in total. The smallest absolute Gasteiger partial charge is 0.272 e. The number of halogens is 2. The maximum absolute atomic E-state index is 11.8. The summed E-state index contributed by atoms with van der Waals surface area (Å²) in [5.74, 6) is 0.119. The van der Waals surface area contributed by atoms with E-state index in [9.17, 15) is 8.78 Å². The Hall–Kier alpha value is -1.30. The van der Waals surface area contributed by atoms with Crippen molar-refractivity contribution in [1.29, 1.82) is 0 Å². The van der Waals surface area contributed by atoms with Gasteiger partial charge in [-0.05, 0) is 0 Å². The van der Waals surface area contributed by atoms with Crippen LogP contribution in [0.4, 0.5) is 8.78 Å². The Bertz CT molecular complexity index is 272. The molecule has 0 amide bonds. The van der Waals surface area contributed by atoms with Crippen LogP contribution < -0.4 is 10.1 Å². The van der Waals surface area contributed by atoms with Gasteiger partial charge in [0.2, 0.25) is 5.88 Å². The van der Waals surface area contributed by atoms with E-state index in [2.05, 4.69) is 15.3 Å². The fraction of sp³-hybridized carbons (Fsp3) is 0.600. The van der Waals surface area contributed by atoms with Crippen LogP contribution in [0.3, 0.4) is 0 Å². The first-order chi connectivity index (χ1) is 7.58. The summed E-state index contributed by atoms with van der Waals surface area (Å²) >= 11 is 0. The van der Waals surface area contributed by atoms with Crippen molar-refractivity contribution >= 4 is 0 Å². The van der Waals surface area contributed by atoms with Crippen molar-refractivity contribution in [2.75, 3.05) is 6.61 Å². The molecular formula is C10H15F2N3O. The van der Waals surface area contributed by atoms with Crippen molar-refractivity contribution in [2.24, 2.45) is 0 Å². The number of aromatic nitrogens is 2. The molecule has 0 radical (unpaired) electrons. The van der Waals surface area contributed by atoms with E-state index in [1.54, 1.807) is 0 Å². The molecule has 1 aromatic rings. The zero-order valence-electron chi connectivity index (χ0n) is 9.28. The lowest BCUT2D eigenvalue weighted by atomic mass is 10.3. The van der Waals surface area contributed by atoms with E-state index in [1.165, 1.54) is 12.4 Å². The fourth-order valence-electron chi connectivity index (χ4n) is 0.966. The van der Waals surface area contributed by atoms with Crippen LogP contribution >= 0.6 is 0 Å². The summed E-state index contributed by atoms with van der Waals surface area (Å²) in [4.78, 5) is 7.90. The molecule has 0 spiro atoms. The standard InChI is InChI=1S/C10H15F2N3O/c1-7(2)13-3-8-4-15-10(5-14-8)16-6-9(11)12/h4-5,7,9,13H,3,6H2,1-2H3. The number of hydrogen-bond acceptors (Lipinski definition) is 4. The van der Waals surface area contributed by atoms with Crippen LogP contribution in [0.15, 0.2) is 12.4 Å². The minimum absolute atomic E-state index is 0.119. The second kappa shape index (κ2) is 6.32. The third-order valence-electron chi connectivity index (χ3n) is 1.73. The third-order valence-corrected chi connectivity index (χ3v) is 1.73. The van der Waals surface area contributed by atoms with Crippen LogP contribution in [0.25, 0.3) is 0 Å². The summed E-state index contributed by atoms with van der Waals surface area (Å²) in [5, 5.41) is 3.17. The Morgan fingerprint density at radius 3 is 2.56 bits per heavy atom. The molecule has 0 saturated carbocycles. The largest absolute Gasteiger partial charge is 0.470 e. The lowest BCUT2D eigenvalue weighted by molar-refractivity contribution is 0.0793. The second-order valence-electron chi connectivity index (χ2n) is 3.58. The summed E-state index contributed by atoms with van der Waals surface area (Å²) in [5.41, 5.74) is 0.748. The van der Waals surface area contributed by atoms with E-state index < -0.39 is 13.0 Å². The van der Waals surface area contributed by atoms with Crippen molar-refractivity contribution in [3.05, 3.63) is 18.1 Å². The average molecular weight is 231 g/mol. The van der Waals surface area contributed by atoms with Crippen molar-refractivity contribution in [3.63, 3.8) is 0 Å². The zero-order chi connectivity index (χ0) is 12.0. The third kappa shape index (κ3) is 4.97. The van der Waals surface area contributed by atoms with Crippen LogP contribution in [0.1, 0.15) is 19.5 Å². The number of hydrogen-bond donors (Lipinski definition) is 1. The van der Waals surface area contributed by atoms with Gasteiger partial charge >= 0.3 is 0 Å². The topological polar surface area (TPSA) is 47.0 Å². The first-order valence-electron chi connectivity index (χ1n) is 5.03. The normalized spacial score (nSPS) is 11.1. The highest BCUT2D eigenvalue weighted by Crippen LogP contribution is 2.05. The Morgan fingerprint density at radius 2 is 2.06 bits per heavy atom. The predicted octanol–water partition coefficient (Wildman–Crippen LogP) is 1.62. The van der Waals surface area contributed by atoms with Crippen molar-refractivity contribution in [2.45, 2.75) is 32.9 Å². The highest BCUT2D eigenvalue weighted by Gasteiger charge is 2.05. The van der Waals surface area contributed by atoms with Gasteiger partial charge < -0.3 is 10.1 Å². The number of nitrogens with zero attached hydrogens (tertiary/aromatic N) is 2. The zero-order valence-corrected chi connectivity index (χ0v) is 9.28. The van der Waals surface area contributed by atoms with Crippen LogP contribution in [0.5, 0.6) is 5.88 Å². The molecule has 0 aliphatic rings. The Balaban J connectivity index is 2.41. The average Bonchev–Trinajstić information content (AvgIpc) is 2.25. The molecule has 0 bridgehead atoms. The number of ether oxygens (including phenoxy) is 1. The highest BCUT2D eigenvalue weighted by molar-refractivity contribution is 5.07. The van der Waals surface area contributed by atoms with Crippen molar-refractivity contribution in [1.82, 2.24) is 15.3 Å². The van der Waals surface area contributed by atoms with Crippen LogP contribution in [-0.4, -0.2) is 29.0 Å². The van der Waals surface area contributed by atoms with E-state index in [0.717, 1.165) is 5.69 Å². The van der Waals surface area contributed by atoms with Gasteiger partial charge in [0.15, 0.2) is 6.61 Å². The van der Waals surface area contributed by atoms with E-state index in [4.69, 9.17) is 4.74 Å². The Labute approximate surface area is 93.1 Å². The molecule has 0 unspecified atom stereocenters. The molecule has 1 rings (SSSR count). The minimum Gasteiger partial charge on any atom is -0.470 e. The second-order valence-corrected chi connectivity index (χ2v) is 3.58. The van der Waals surface area contributed by atoms with Crippen LogP contribution in [0, 0.1) is 0 Å². The molecule has 6 heteroatoms. The van der Waals surface area contributed by atoms with E-state index in [1.807, 2.05) is 13.8 Å². The van der Waals surface area contributed by atoms with Crippen LogP contribution in [-0.2, 0) is 6.54 Å². The van der Waals surface area contributed by atoms with E-state index in [0.29, 0.717) is 12.6 Å². The van der Waals surface area contributed by atoms with Gasteiger partial charge in [0.05, 0.1) is 18.1 Å². The Kier molecular flexibility index (Phi) is 5.04. The van der Waals surface area contributed by atoms with Gasteiger partial charge in [0.1, 0.15) is 0 Å². The maximum atomic E-state index is 11.8. The van der Waals surface area contributed by atoms with Gasteiger partial charge in [-0.2, -0.15) is 0 Å². The monoisotopic (exact) mass is 231 g/mol. The van der Waals surface area contributed by atoms with Gasteiger partial charge in [-0.25, -0.2) is 13.8 Å². The van der Waals surface area contributed by atoms with Gasteiger partial charge in [0, 0.05) is 12.6 Å². The van der Waals surface area contributed by atoms with Gasteiger partial charge in [-0.1, -0.05) is 13.8 Å². The van der Waals surface area contributed by atoms with Crippen molar-refractivity contribution in [3.8, 4) is 5.88 Å². The number of nitrogens with one attached hydrogen (secondary N) is 1. The maximum Gasteiger partial charge on any atom is 0.272 e. The number of alkyl halides is 2. The molecule has 0 aliphatic carbocycles. The van der Waals surface area contributed by atoms with Gasteiger partial charge in [-0.15, -0.1) is 0 Å². The summed E-state index contributed by atoms with van der Waals surface area (Å²) in [6.45, 7) is 3.99. The van der Waals surface area contributed by atoms with Gasteiger partial charge in [-0.3, -0.25) is 4.98 Å². The predicted molar refractivity (Wildman–Crippen MR) is 55.5 cm³/mol. The van der Waals surface area contributed by atoms with E-state index >= 15 is 0 Å². The van der Waals surface area contributed by atoms with Gasteiger partial charge in [0.25, 0.3) is 6.43 Å². The first-order valence-corrected chi connectivity index (χ1v) is 5.03. The molecular weight excluding hydrogens is 216 g/mol. The number of rotatable bonds is 6. The van der Waals surface area contributed by atoms with Crippen LogP contribution in [0.2, 0.25) is 0 Å². The summed E-state index contributed by atoms with van der Waals surface area (Å²) in [6.07, 6.45) is 0.361. The summed E-state index contributed by atoms with van der Waals surface area (Å²) in [7, 11) is 0. The highest BCUT2D eigenvalue weighted by atomic mass is 19.3. The molecule has 0 aliphatic heterocycles. The van der Waals surface area contributed by atoms with Crippen molar-refractivity contribution < 1.29 is 13.5 Å². The molecule has 4 nitrogen and oxygen atoms in total. The molecule has 1 heterocycles. The molecule has 1 aromatic heterocycles. The quantitative estimate of drug-likeness (QED) is 0.808. The molecule has 0 aromatic carbocycles. The molecule has 16 heavy (non-hydrogen) atoms. The Morgan fingerprint density at radius 1 is 1.31 bits per heavy atom.